The Morgan fingerprint density at radius 2 is 2.11 bits per heavy atom. The molecule has 1 saturated heterocycles. The fraction of sp³-hybridized carbons (Fsp3) is 0.357. The summed E-state index contributed by atoms with van der Waals surface area (Å²) in [5.74, 6) is 0.0200. The fourth-order valence-electron chi connectivity index (χ4n) is 2.34. The zero-order valence-electron chi connectivity index (χ0n) is 10.7. The summed E-state index contributed by atoms with van der Waals surface area (Å²) in [7, 11) is 0. The molecule has 1 aromatic heterocycles. The van der Waals surface area contributed by atoms with Crippen molar-refractivity contribution >= 4 is 16.8 Å². The molecule has 1 amide bonds. The summed E-state index contributed by atoms with van der Waals surface area (Å²) in [6, 6.07) is 8.01. The van der Waals surface area contributed by atoms with Gasteiger partial charge in [0, 0.05) is 30.2 Å². The SMILES string of the molecule is O=C(Cc1c[nH]c2ccccc12)NN1CCOCC1. The van der Waals surface area contributed by atoms with Gasteiger partial charge in [-0.05, 0) is 11.6 Å². The number of hydrazine groups is 1. The fourth-order valence-corrected chi connectivity index (χ4v) is 2.34. The van der Waals surface area contributed by atoms with Crippen molar-refractivity contribution in [2.45, 2.75) is 6.42 Å². The van der Waals surface area contributed by atoms with E-state index in [4.69, 9.17) is 4.74 Å². The van der Waals surface area contributed by atoms with Crippen LogP contribution >= 0.6 is 0 Å². The predicted molar refractivity (Wildman–Crippen MR) is 72.5 cm³/mol. The number of benzene rings is 1. The molecule has 100 valence electrons. The number of carbonyl (C=O) groups excluding carboxylic acids is 1. The molecule has 1 aromatic carbocycles. The van der Waals surface area contributed by atoms with Crippen molar-refractivity contribution in [1.29, 1.82) is 0 Å². The summed E-state index contributed by atoms with van der Waals surface area (Å²) in [5.41, 5.74) is 5.02. The first-order valence-corrected chi connectivity index (χ1v) is 6.50. The number of fused-ring (bicyclic) bond motifs is 1. The van der Waals surface area contributed by atoms with Crippen LogP contribution in [0.5, 0.6) is 0 Å². The first kappa shape index (κ1) is 12.2. The first-order valence-electron chi connectivity index (χ1n) is 6.50. The molecule has 2 heterocycles. The molecule has 0 spiro atoms. The summed E-state index contributed by atoms with van der Waals surface area (Å²) >= 11 is 0. The molecule has 1 aliphatic rings. The average Bonchev–Trinajstić information content (AvgIpc) is 2.83. The normalized spacial score (nSPS) is 16.6. The van der Waals surface area contributed by atoms with Crippen molar-refractivity contribution in [3.05, 3.63) is 36.0 Å². The van der Waals surface area contributed by atoms with Crippen LogP contribution in [-0.4, -0.2) is 42.2 Å². The summed E-state index contributed by atoms with van der Waals surface area (Å²) in [5, 5.41) is 3.03. The third-order valence-corrected chi connectivity index (χ3v) is 3.32. The van der Waals surface area contributed by atoms with Gasteiger partial charge >= 0.3 is 0 Å². The lowest BCUT2D eigenvalue weighted by atomic mass is 10.1. The minimum absolute atomic E-state index is 0.0200. The topological polar surface area (TPSA) is 57.4 Å². The van der Waals surface area contributed by atoms with Gasteiger partial charge in [0.25, 0.3) is 0 Å². The van der Waals surface area contributed by atoms with Crippen LogP contribution in [-0.2, 0) is 16.0 Å². The third kappa shape index (κ3) is 2.77. The maximum atomic E-state index is 12.0. The number of hydrogen-bond donors (Lipinski definition) is 2. The number of carbonyl (C=O) groups is 1. The lowest BCUT2D eigenvalue weighted by molar-refractivity contribution is -0.127. The van der Waals surface area contributed by atoms with E-state index in [2.05, 4.69) is 10.4 Å². The molecule has 0 bridgehead atoms. The van der Waals surface area contributed by atoms with Crippen LogP contribution in [0.25, 0.3) is 10.9 Å². The standard InChI is InChI=1S/C14H17N3O2/c18-14(16-17-5-7-19-8-6-17)9-11-10-15-13-4-2-1-3-12(11)13/h1-4,10,15H,5-9H2,(H,16,18). The molecule has 5 nitrogen and oxygen atoms in total. The Bertz CT molecular complexity index is 573. The molecule has 2 aromatic rings. The van der Waals surface area contributed by atoms with Crippen molar-refractivity contribution in [2.75, 3.05) is 26.3 Å². The van der Waals surface area contributed by atoms with E-state index in [-0.39, 0.29) is 5.91 Å². The van der Waals surface area contributed by atoms with Crippen LogP contribution in [0.15, 0.2) is 30.5 Å². The van der Waals surface area contributed by atoms with Crippen molar-refractivity contribution in [1.82, 2.24) is 15.4 Å². The van der Waals surface area contributed by atoms with E-state index < -0.39 is 0 Å². The highest BCUT2D eigenvalue weighted by Crippen LogP contribution is 2.17. The molecular weight excluding hydrogens is 242 g/mol. The van der Waals surface area contributed by atoms with E-state index >= 15 is 0 Å². The number of para-hydroxylation sites is 1. The van der Waals surface area contributed by atoms with E-state index in [0.717, 1.165) is 29.6 Å². The van der Waals surface area contributed by atoms with Gasteiger partial charge in [0.05, 0.1) is 19.6 Å². The first-order chi connectivity index (χ1) is 9.33. The summed E-state index contributed by atoms with van der Waals surface area (Å²) in [6.07, 6.45) is 2.30. The molecule has 0 aliphatic carbocycles. The maximum Gasteiger partial charge on any atom is 0.238 e. The molecule has 5 heteroatoms. The highest BCUT2D eigenvalue weighted by Gasteiger charge is 2.14. The van der Waals surface area contributed by atoms with Gasteiger partial charge in [-0.15, -0.1) is 0 Å². The van der Waals surface area contributed by atoms with E-state index in [1.165, 1.54) is 0 Å². The van der Waals surface area contributed by atoms with Crippen LogP contribution in [0.4, 0.5) is 0 Å². The number of ether oxygens (including phenoxy) is 1. The van der Waals surface area contributed by atoms with Gasteiger partial charge in [-0.2, -0.15) is 0 Å². The number of aromatic amines is 1. The van der Waals surface area contributed by atoms with Crippen LogP contribution in [0.2, 0.25) is 0 Å². The van der Waals surface area contributed by atoms with Crippen LogP contribution in [0, 0.1) is 0 Å². The molecule has 2 N–H and O–H groups in total. The predicted octanol–water partition coefficient (Wildman–Crippen LogP) is 1.07. The second-order valence-corrected chi connectivity index (χ2v) is 4.67. The smallest absolute Gasteiger partial charge is 0.238 e. The Kier molecular flexibility index (Phi) is 3.48. The third-order valence-electron chi connectivity index (χ3n) is 3.32. The Balaban J connectivity index is 1.65. The number of nitrogens with zero attached hydrogens (tertiary/aromatic N) is 1. The Labute approximate surface area is 111 Å². The molecule has 1 aliphatic heterocycles. The van der Waals surface area contributed by atoms with E-state index in [0.29, 0.717) is 19.6 Å². The highest BCUT2D eigenvalue weighted by molar-refractivity contribution is 5.88. The van der Waals surface area contributed by atoms with Crippen LogP contribution < -0.4 is 5.43 Å². The molecule has 0 radical (unpaired) electrons. The van der Waals surface area contributed by atoms with Gasteiger partial charge in [0.1, 0.15) is 0 Å². The van der Waals surface area contributed by atoms with Crippen LogP contribution in [0.3, 0.4) is 0 Å². The second kappa shape index (κ2) is 5.42. The number of H-pyrrole nitrogens is 1. The molecule has 19 heavy (non-hydrogen) atoms. The van der Waals surface area contributed by atoms with Gasteiger partial charge in [-0.3, -0.25) is 10.2 Å². The quantitative estimate of drug-likeness (QED) is 0.867. The largest absolute Gasteiger partial charge is 0.379 e. The monoisotopic (exact) mass is 259 g/mol. The molecular formula is C14H17N3O2. The second-order valence-electron chi connectivity index (χ2n) is 4.67. The van der Waals surface area contributed by atoms with E-state index in [1.807, 2.05) is 35.5 Å². The summed E-state index contributed by atoms with van der Waals surface area (Å²) < 4.78 is 5.25. The van der Waals surface area contributed by atoms with Crippen LogP contribution in [0.1, 0.15) is 5.56 Å². The number of nitrogens with one attached hydrogen (secondary N) is 2. The average molecular weight is 259 g/mol. The van der Waals surface area contributed by atoms with Crippen molar-refractivity contribution < 1.29 is 9.53 Å². The van der Waals surface area contributed by atoms with Crippen molar-refractivity contribution in [3.8, 4) is 0 Å². The lowest BCUT2D eigenvalue weighted by Gasteiger charge is -2.26. The van der Waals surface area contributed by atoms with Gasteiger partial charge in [0.2, 0.25) is 5.91 Å². The van der Waals surface area contributed by atoms with E-state index in [9.17, 15) is 4.79 Å². The van der Waals surface area contributed by atoms with Crippen molar-refractivity contribution in [3.63, 3.8) is 0 Å². The number of aromatic nitrogens is 1. The molecule has 0 unspecified atom stereocenters. The van der Waals surface area contributed by atoms with Gasteiger partial charge in [0.15, 0.2) is 0 Å². The van der Waals surface area contributed by atoms with E-state index in [1.54, 1.807) is 0 Å². The Hall–Kier alpha value is -1.85. The molecule has 3 rings (SSSR count). The Morgan fingerprint density at radius 3 is 2.95 bits per heavy atom. The molecule has 1 fully saturated rings. The number of rotatable bonds is 3. The van der Waals surface area contributed by atoms with Gasteiger partial charge in [-0.25, -0.2) is 5.01 Å². The van der Waals surface area contributed by atoms with Gasteiger partial charge < -0.3 is 9.72 Å². The minimum atomic E-state index is 0.0200. The van der Waals surface area contributed by atoms with Gasteiger partial charge in [-0.1, -0.05) is 18.2 Å². The maximum absolute atomic E-state index is 12.0. The number of morpholine rings is 1. The zero-order valence-corrected chi connectivity index (χ0v) is 10.7. The number of amides is 1. The zero-order chi connectivity index (χ0) is 13.1. The number of hydrogen-bond acceptors (Lipinski definition) is 3. The molecule has 0 atom stereocenters. The highest BCUT2D eigenvalue weighted by atomic mass is 16.5. The summed E-state index contributed by atoms with van der Waals surface area (Å²) in [4.78, 5) is 15.2. The van der Waals surface area contributed by atoms with Crippen molar-refractivity contribution in [2.24, 2.45) is 0 Å². The Morgan fingerprint density at radius 1 is 1.32 bits per heavy atom. The molecule has 0 saturated carbocycles. The minimum Gasteiger partial charge on any atom is -0.379 e. The summed E-state index contributed by atoms with van der Waals surface area (Å²) in [6.45, 7) is 2.85. The lowest BCUT2D eigenvalue weighted by Crippen LogP contribution is -2.48.